The van der Waals surface area contributed by atoms with E-state index in [1.807, 2.05) is 25.1 Å². The van der Waals surface area contributed by atoms with Crippen molar-refractivity contribution in [1.82, 2.24) is 0 Å². The minimum Gasteiger partial charge on any atom is -0.426 e. The largest absolute Gasteiger partial charge is 0.426 e. The van der Waals surface area contributed by atoms with Crippen molar-refractivity contribution in [3.8, 4) is 5.75 Å². The van der Waals surface area contributed by atoms with Crippen LogP contribution in [0.3, 0.4) is 0 Å². The van der Waals surface area contributed by atoms with Gasteiger partial charge in [0.2, 0.25) is 0 Å². The van der Waals surface area contributed by atoms with Crippen molar-refractivity contribution in [3.63, 3.8) is 0 Å². The summed E-state index contributed by atoms with van der Waals surface area (Å²) in [5.74, 6) is 0.336. The highest BCUT2D eigenvalue weighted by Gasteiger charge is 2.30. The molecule has 3 aromatic carbocycles. The van der Waals surface area contributed by atoms with Crippen molar-refractivity contribution in [2.24, 2.45) is 0 Å². The van der Waals surface area contributed by atoms with Gasteiger partial charge in [-0.1, -0.05) is 60.7 Å². The van der Waals surface area contributed by atoms with Crippen LogP contribution in [0.4, 0.5) is 5.69 Å². The Kier molecular flexibility index (Phi) is 4.68. The molecule has 3 heteroatoms. The fourth-order valence-electron chi connectivity index (χ4n) is 3.62. The van der Waals surface area contributed by atoms with E-state index < -0.39 is 0 Å². The van der Waals surface area contributed by atoms with Crippen molar-refractivity contribution in [3.05, 3.63) is 95.1 Å². The fraction of sp³-hybridized carbons (Fsp3) is 0.208. The van der Waals surface area contributed by atoms with E-state index in [1.54, 1.807) is 0 Å². The molecule has 4 rings (SSSR count). The fourth-order valence-corrected chi connectivity index (χ4v) is 3.62. The number of benzene rings is 3. The summed E-state index contributed by atoms with van der Waals surface area (Å²) in [7, 11) is 0. The third-order valence-corrected chi connectivity index (χ3v) is 5.13. The minimum atomic E-state index is -0.190. The van der Waals surface area contributed by atoms with Crippen LogP contribution >= 0.6 is 0 Å². The normalized spacial score (nSPS) is 15.3. The molecule has 0 amide bonds. The molecule has 0 radical (unpaired) electrons. The second-order valence-corrected chi connectivity index (χ2v) is 7.15. The van der Waals surface area contributed by atoms with Crippen LogP contribution < -0.4 is 9.64 Å². The van der Waals surface area contributed by atoms with Gasteiger partial charge in [0.25, 0.3) is 0 Å². The number of carbonyl (C=O) groups is 1. The van der Waals surface area contributed by atoms with Gasteiger partial charge >= 0.3 is 5.97 Å². The van der Waals surface area contributed by atoms with E-state index in [4.69, 9.17) is 4.74 Å². The van der Waals surface area contributed by atoms with Gasteiger partial charge in [-0.2, -0.15) is 0 Å². The number of hydrogen-bond acceptors (Lipinski definition) is 3. The zero-order chi connectivity index (χ0) is 18.8. The summed E-state index contributed by atoms with van der Waals surface area (Å²) in [6.45, 7) is 5.59. The van der Waals surface area contributed by atoms with Crippen LogP contribution in [-0.4, -0.2) is 5.97 Å². The van der Waals surface area contributed by atoms with E-state index in [0.29, 0.717) is 5.75 Å². The predicted molar refractivity (Wildman–Crippen MR) is 108 cm³/mol. The Morgan fingerprint density at radius 2 is 1.44 bits per heavy atom. The summed E-state index contributed by atoms with van der Waals surface area (Å²) < 4.78 is 5.50. The molecule has 136 valence electrons. The van der Waals surface area contributed by atoms with Crippen LogP contribution in [-0.2, 0) is 17.9 Å². The Labute approximate surface area is 160 Å². The number of anilines is 1. The van der Waals surface area contributed by atoms with Gasteiger partial charge in [-0.25, -0.2) is 0 Å². The van der Waals surface area contributed by atoms with Gasteiger partial charge in [0.1, 0.15) is 5.75 Å². The Morgan fingerprint density at radius 1 is 0.889 bits per heavy atom. The molecule has 0 bridgehead atoms. The Hall–Kier alpha value is -3.07. The second kappa shape index (κ2) is 7.28. The first-order chi connectivity index (χ1) is 13.1. The molecular weight excluding hydrogens is 334 g/mol. The predicted octanol–water partition coefficient (Wildman–Crippen LogP) is 5.22. The molecule has 0 fully saturated rings. The van der Waals surface area contributed by atoms with Crippen LogP contribution in [0.2, 0.25) is 0 Å². The number of hydrogen-bond donors (Lipinski definition) is 0. The summed E-state index contributed by atoms with van der Waals surface area (Å²) in [5.41, 5.74) is 5.74. The molecule has 1 aliphatic heterocycles. The van der Waals surface area contributed by atoms with Gasteiger partial charge in [0.05, 0.1) is 5.92 Å². The van der Waals surface area contributed by atoms with Crippen LogP contribution in [0.15, 0.2) is 72.8 Å². The molecule has 0 saturated heterocycles. The number of ether oxygens (including phenoxy) is 1. The lowest BCUT2D eigenvalue weighted by Gasteiger charge is -2.27. The van der Waals surface area contributed by atoms with Crippen molar-refractivity contribution in [2.45, 2.75) is 32.9 Å². The van der Waals surface area contributed by atoms with Crippen molar-refractivity contribution >= 4 is 11.7 Å². The van der Waals surface area contributed by atoms with E-state index in [2.05, 4.69) is 66.4 Å². The smallest absolute Gasteiger partial charge is 0.318 e. The van der Waals surface area contributed by atoms with E-state index in [1.165, 1.54) is 11.1 Å². The Bertz CT molecular complexity index is 909. The molecule has 3 aromatic rings. The molecule has 0 aromatic heterocycles. The highest BCUT2D eigenvalue weighted by Crippen LogP contribution is 2.40. The van der Waals surface area contributed by atoms with Crippen LogP contribution in [0, 0.1) is 6.92 Å². The minimum absolute atomic E-state index is 0.167. The van der Waals surface area contributed by atoms with Crippen LogP contribution in [0.25, 0.3) is 0 Å². The lowest BCUT2D eigenvalue weighted by molar-refractivity contribution is -0.133. The third-order valence-electron chi connectivity index (χ3n) is 5.13. The average Bonchev–Trinajstić information content (AvgIpc) is 2.96. The van der Waals surface area contributed by atoms with Crippen molar-refractivity contribution in [2.75, 3.05) is 4.90 Å². The van der Waals surface area contributed by atoms with Gasteiger partial charge in [0, 0.05) is 30.4 Å². The summed E-state index contributed by atoms with van der Waals surface area (Å²) in [5, 5.41) is 0. The van der Waals surface area contributed by atoms with Crippen LogP contribution in [0.5, 0.6) is 5.75 Å². The SMILES string of the molecule is Cc1cc2c(cc1N(Cc1ccccc1)Cc1ccccc1)OC(=O)C2C. The molecular formula is C24H23NO2. The summed E-state index contributed by atoms with van der Waals surface area (Å²) in [6.07, 6.45) is 0. The lowest BCUT2D eigenvalue weighted by Crippen LogP contribution is -2.23. The molecule has 27 heavy (non-hydrogen) atoms. The van der Waals surface area contributed by atoms with Gasteiger partial charge < -0.3 is 9.64 Å². The second-order valence-electron chi connectivity index (χ2n) is 7.15. The van der Waals surface area contributed by atoms with Gasteiger partial charge in [-0.3, -0.25) is 4.79 Å². The molecule has 0 spiro atoms. The maximum Gasteiger partial charge on any atom is 0.318 e. The highest BCUT2D eigenvalue weighted by molar-refractivity contribution is 5.86. The number of rotatable bonds is 5. The molecule has 0 saturated carbocycles. The molecule has 0 aliphatic carbocycles. The molecule has 1 atom stereocenters. The van der Waals surface area contributed by atoms with Gasteiger partial charge in [-0.05, 0) is 36.6 Å². The zero-order valence-electron chi connectivity index (χ0n) is 15.7. The van der Waals surface area contributed by atoms with Crippen molar-refractivity contribution in [1.29, 1.82) is 0 Å². The summed E-state index contributed by atoms with van der Waals surface area (Å²) in [4.78, 5) is 14.3. The lowest BCUT2D eigenvalue weighted by atomic mass is 9.99. The quantitative estimate of drug-likeness (QED) is 0.463. The van der Waals surface area contributed by atoms with E-state index >= 15 is 0 Å². The van der Waals surface area contributed by atoms with Crippen molar-refractivity contribution < 1.29 is 9.53 Å². The number of esters is 1. The number of fused-ring (bicyclic) bond motifs is 1. The first-order valence-electron chi connectivity index (χ1n) is 9.31. The monoisotopic (exact) mass is 357 g/mol. The highest BCUT2D eigenvalue weighted by atomic mass is 16.5. The standard InChI is InChI=1S/C24H23NO2/c1-17-13-21-18(2)24(26)27-23(21)14-22(17)25(15-19-9-5-3-6-10-19)16-20-11-7-4-8-12-20/h3-14,18H,15-16H2,1-2H3. The summed E-state index contributed by atoms with van der Waals surface area (Å²) in [6, 6.07) is 25.0. The maximum absolute atomic E-state index is 12.0. The topological polar surface area (TPSA) is 29.5 Å². The number of carbonyl (C=O) groups excluding carboxylic acids is 1. The summed E-state index contributed by atoms with van der Waals surface area (Å²) >= 11 is 0. The van der Waals surface area contributed by atoms with Gasteiger partial charge in [0.15, 0.2) is 0 Å². The zero-order valence-corrected chi connectivity index (χ0v) is 15.7. The Balaban J connectivity index is 1.72. The van der Waals surface area contributed by atoms with E-state index in [-0.39, 0.29) is 11.9 Å². The molecule has 3 nitrogen and oxygen atoms in total. The maximum atomic E-state index is 12.0. The van der Waals surface area contributed by atoms with E-state index in [0.717, 1.165) is 29.9 Å². The molecule has 0 N–H and O–H groups in total. The number of aryl methyl sites for hydroxylation is 1. The van der Waals surface area contributed by atoms with E-state index in [9.17, 15) is 4.79 Å². The van der Waals surface area contributed by atoms with Crippen LogP contribution in [0.1, 0.15) is 35.1 Å². The molecule has 1 heterocycles. The number of nitrogens with zero attached hydrogens (tertiary/aromatic N) is 1. The molecule has 1 aliphatic rings. The Morgan fingerprint density at radius 3 is 2.00 bits per heavy atom. The first kappa shape index (κ1) is 17.3. The third kappa shape index (κ3) is 3.59. The first-order valence-corrected chi connectivity index (χ1v) is 9.31. The van der Waals surface area contributed by atoms with Gasteiger partial charge in [-0.15, -0.1) is 0 Å². The molecule has 1 unspecified atom stereocenters. The average molecular weight is 357 g/mol.